The van der Waals surface area contributed by atoms with Gasteiger partial charge in [0, 0.05) is 40.7 Å². The molecule has 37 heavy (non-hydrogen) atoms. The fraction of sp³-hybridized carbons (Fsp3) is 0.310. The van der Waals surface area contributed by atoms with E-state index in [1.165, 1.54) is 11.0 Å². The van der Waals surface area contributed by atoms with Gasteiger partial charge in [-0.2, -0.15) is 0 Å². The minimum Gasteiger partial charge on any atom is -0.376 e. The van der Waals surface area contributed by atoms with Gasteiger partial charge >= 0.3 is 0 Å². The quantitative estimate of drug-likeness (QED) is 0.324. The maximum Gasteiger partial charge on any atom is 0.247 e. The third-order valence-electron chi connectivity index (χ3n) is 6.85. The van der Waals surface area contributed by atoms with E-state index in [1.807, 2.05) is 41.3 Å². The van der Waals surface area contributed by atoms with Gasteiger partial charge in [0.1, 0.15) is 6.54 Å². The van der Waals surface area contributed by atoms with Crippen LogP contribution in [0.5, 0.6) is 0 Å². The molecule has 5 rings (SSSR count). The highest BCUT2D eigenvalue weighted by Crippen LogP contribution is 2.41. The Labute approximate surface area is 231 Å². The average Bonchev–Trinajstić information content (AvgIpc) is 3.59. The predicted octanol–water partition coefficient (Wildman–Crippen LogP) is 6.25. The molecule has 1 saturated heterocycles. The van der Waals surface area contributed by atoms with E-state index in [0.717, 1.165) is 36.0 Å². The first-order valence-electron chi connectivity index (χ1n) is 12.4. The van der Waals surface area contributed by atoms with Crippen molar-refractivity contribution in [3.8, 4) is 0 Å². The van der Waals surface area contributed by atoms with Crippen LogP contribution in [0.4, 0.5) is 0 Å². The smallest absolute Gasteiger partial charge is 0.247 e. The molecule has 5 nitrogen and oxygen atoms in total. The minimum atomic E-state index is -0.327. The van der Waals surface area contributed by atoms with Crippen LogP contribution in [0.2, 0.25) is 10.0 Å². The zero-order valence-corrected chi connectivity index (χ0v) is 22.6. The summed E-state index contributed by atoms with van der Waals surface area (Å²) in [6.45, 7) is 1.59. The van der Waals surface area contributed by atoms with Gasteiger partial charge < -0.3 is 14.5 Å². The Morgan fingerprint density at radius 2 is 1.95 bits per heavy atom. The molecule has 2 unspecified atom stereocenters. The lowest BCUT2D eigenvalue weighted by atomic mass is 9.93. The molecule has 2 amide bonds. The molecule has 0 N–H and O–H groups in total. The molecule has 2 aromatic carbocycles. The van der Waals surface area contributed by atoms with E-state index in [0.29, 0.717) is 29.7 Å². The van der Waals surface area contributed by atoms with Gasteiger partial charge in [0.2, 0.25) is 11.8 Å². The van der Waals surface area contributed by atoms with Gasteiger partial charge in [-0.25, -0.2) is 0 Å². The van der Waals surface area contributed by atoms with Crippen molar-refractivity contribution in [2.24, 2.45) is 0 Å². The number of ether oxygens (including phenoxy) is 1. The Morgan fingerprint density at radius 1 is 1.11 bits per heavy atom. The second-order valence-electron chi connectivity index (χ2n) is 9.30. The van der Waals surface area contributed by atoms with E-state index in [2.05, 4.69) is 11.4 Å². The molecule has 2 atom stereocenters. The predicted molar refractivity (Wildman–Crippen MR) is 149 cm³/mol. The van der Waals surface area contributed by atoms with Crippen LogP contribution in [0.25, 0.3) is 6.08 Å². The molecule has 0 aliphatic carbocycles. The van der Waals surface area contributed by atoms with E-state index in [-0.39, 0.29) is 30.5 Å². The molecule has 3 aromatic rings. The third-order valence-corrected chi connectivity index (χ3v) is 8.41. The van der Waals surface area contributed by atoms with Crippen molar-refractivity contribution in [3.63, 3.8) is 0 Å². The summed E-state index contributed by atoms with van der Waals surface area (Å²) in [7, 11) is 0. The number of benzene rings is 2. The lowest BCUT2D eigenvalue weighted by Gasteiger charge is -2.38. The zero-order valence-electron chi connectivity index (χ0n) is 20.3. The number of carbonyl (C=O) groups is 2. The normalized spacial score (nSPS) is 19.2. The summed E-state index contributed by atoms with van der Waals surface area (Å²) in [5.41, 5.74) is 2.84. The number of nitrogens with zero attached hydrogens (tertiary/aromatic N) is 2. The average molecular weight is 556 g/mol. The van der Waals surface area contributed by atoms with E-state index in [1.54, 1.807) is 34.4 Å². The molecule has 1 fully saturated rings. The maximum atomic E-state index is 13.9. The highest BCUT2D eigenvalue weighted by Gasteiger charge is 2.35. The Hall–Kier alpha value is -2.64. The number of hydrogen-bond donors (Lipinski definition) is 0. The second kappa shape index (κ2) is 11.8. The summed E-state index contributed by atoms with van der Waals surface area (Å²) >= 11 is 14.5. The van der Waals surface area contributed by atoms with Crippen molar-refractivity contribution in [2.45, 2.75) is 31.4 Å². The summed E-state index contributed by atoms with van der Waals surface area (Å²) in [4.78, 5) is 31.9. The van der Waals surface area contributed by atoms with Crippen molar-refractivity contribution in [2.75, 3.05) is 26.2 Å². The van der Waals surface area contributed by atoms with Gasteiger partial charge in [0.15, 0.2) is 0 Å². The van der Waals surface area contributed by atoms with Gasteiger partial charge in [-0.3, -0.25) is 9.59 Å². The molecule has 2 aliphatic heterocycles. The SMILES string of the molecule is O=C(/C=C/c1ccccc1)N(CC(=O)N1CCc2sccc2C1c1ccc(Cl)cc1Cl)CC1CCCO1. The monoisotopic (exact) mass is 554 g/mol. The van der Waals surface area contributed by atoms with Crippen LogP contribution >= 0.6 is 34.5 Å². The minimum absolute atomic E-state index is 0.0288. The van der Waals surface area contributed by atoms with Crippen LogP contribution in [0, 0.1) is 0 Å². The van der Waals surface area contributed by atoms with Crippen molar-refractivity contribution in [1.82, 2.24) is 9.80 Å². The number of thiophene rings is 1. The second-order valence-corrected chi connectivity index (χ2v) is 11.1. The van der Waals surface area contributed by atoms with Crippen molar-refractivity contribution >= 4 is 52.4 Å². The van der Waals surface area contributed by atoms with Crippen LogP contribution in [-0.2, 0) is 20.7 Å². The first-order valence-corrected chi connectivity index (χ1v) is 14.1. The number of halogens is 2. The summed E-state index contributed by atoms with van der Waals surface area (Å²) < 4.78 is 5.81. The highest BCUT2D eigenvalue weighted by molar-refractivity contribution is 7.10. The van der Waals surface area contributed by atoms with Gasteiger partial charge in [0.05, 0.1) is 12.1 Å². The Bertz CT molecular complexity index is 1290. The number of amides is 2. The third kappa shape index (κ3) is 6.10. The van der Waals surface area contributed by atoms with E-state index < -0.39 is 0 Å². The molecule has 0 spiro atoms. The molecular weight excluding hydrogens is 527 g/mol. The van der Waals surface area contributed by atoms with Crippen LogP contribution in [0.1, 0.15) is 40.5 Å². The molecule has 2 aliphatic rings. The molecule has 1 aromatic heterocycles. The fourth-order valence-corrected chi connectivity index (χ4v) is 6.42. The highest BCUT2D eigenvalue weighted by atomic mass is 35.5. The van der Waals surface area contributed by atoms with Gasteiger partial charge in [-0.15, -0.1) is 11.3 Å². The van der Waals surface area contributed by atoms with E-state index >= 15 is 0 Å². The first kappa shape index (κ1) is 26.0. The van der Waals surface area contributed by atoms with Crippen LogP contribution in [0.3, 0.4) is 0 Å². The number of rotatable bonds is 7. The van der Waals surface area contributed by atoms with Crippen molar-refractivity contribution in [1.29, 1.82) is 0 Å². The molecule has 192 valence electrons. The molecule has 3 heterocycles. The molecule has 0 saturated carbocycles. The summed E-state index contributed by atoms with van der Waals surface area (Å²) in [5.74, 6) is -0.325. The summed E-state index contributed by atoms with van der Waals surface area (Å²) in [6, 6.07) is 16.8. The van der Waals surface area contributed by atoms with E-state index in [9.17, 15) is 9.59 Å². The topological polar surface area (TPSA) is 49.9 Å². The van der Waals surface area contributed by atoms with Gasteiger partial charge in [0.25, 0.3) is 0 Å². The summed E-state index contributed by atoms with van der Waals surface area (Å²) in [6.07, 6.45) is 5.88. The van der Waals surface area contributed by atoms with Crippen LogP contribution < -0.4 is 0 Å². The number of fused-ring (bicyclic) bond motifs is 1. The number of hydrogen-bond acceptors (Lipinski definition) is 4. The molecular formula is C29H28Cl2N2O3S. The Morgan fingerprint density at radius 3 is 2.70 bits per heavy atom. The molecule has 8 heteroatoms. The number of carbonyl (C=O) groups excluding carboxylic acids is 2. The van der Waals surface area contributed by atoms with Gasteiger partial charge in [-0.1, -0.05) is 59.6 Å². The zero-order chi connectivity index (χ0) is 25.8. The first-order chi connectivity index (χ1) is 18.0. The summed E-state index contributed by atoms with van der Waals surface area (Å²) in [5, 5.41) is 3.12. The van der Waals surface area contributed by atoms with E-state index in [4.69, 9.17) is 27.9 Å². The Kier molecular flexibility index (Phi) is 8.30. The Balaban J connectivity index is 1.40. The standard InChI is InChI=1S/C29H28Cl2N2O3S/c30-21-9-10-23(25(31)17-21)29-24-13-16-37-26(24)12-14-33(29)28(35)19-32(18-22-7-4-15-36-22)27(34)11-8-20-5-2-1-3-6-20/h1-3,5-6,8-11,13,16-17,22,29H,4,7,12,14-15,18-19H2/b11-8+. The molecule has 0 radical (unpaired) electrons. The lowest BCUT2D eigenvalue weighted by Crippen LogP contribution is -2.48. The lowest BCUT2D eigenvalue weighted by molar-refractivity contribution is -0.140. The maximum absolute atomic E-state index is 13.9. The fourth-order valence-electron chi connectivity index (χ4n) is 5.00. The van der Waals surface area contributed by atoms with Crippen molar-refractivity contribution < 1.29 is 14.3 Å². The van der Waals surface area contributed by atoms with Crippen molar-refractivity contribution in [3.05, 3.63) is 97.7 Å². The van der Waals surface area contributed by atoms with Crippen LogP contribution in [0.15, 0.2) is 66.1 Å². The largest absolute Gasteiger partial charge is 0.376 e. The van der Waals surface area contributed by atoms with Crippen LogP contribution in [-0.4, -0.2) is 54.0 Å². The molecule has 0 bridgehead atoms. The van der Waals surface area contributed by atoms with Gasteiger partial charge in [-0.05, 0) is 65.6 Å².